The van der Waals surface area contributed by atoms with Crippen molar-refractivity contribution in [3.05, 3.63) is 70.8 Å². The topological polar surface area (TPSA) is 64.8 Å². The van der Waals surface area contributed by atoms with Crippen LogP contribution in [0.3, 0.4) is 0 Å². The Labute approximate surface area is 159 Å². The predicted molar refractivity (Wildman–Crippen MR) is 105 cm³/mol. The molecule has 0 spiro atoms. The fraction of sp³-hybridized carbons (Fsp3) is 0.333. The normalized spacial score (nSPS) is 19.6. The zero-order valence-corrected chi connectivity index (χ0v) is 15.5. The first-order valence-electron chi connectivity index (χ1n) is 9.00. The third-order valence-electron chi connectivity index (χ3n) is 4.72. The van der Waals surface area contributed by atoms with E-state index in [0.29, 0.717) is 24.5 Å². The molecule has 0 bridgehead atoms. The van der Waals surface area contributed by atoms with Crippen LogP contribution in [0.4, 0.5) is 5.69 Å². The summed E-state index contributed by atoms with van der Waals surface area (Å²) in [5.41, 5.74) is -0.0380. The maximum atomic E-state index is 11.5. The zero-order valence-electron chi connectivity index (χ0n) is 15.5. The standard InChI is InChI=1S/C21H24N2O4/c1-3-17-8-7-11-19(20(17)23(24)25)27-21(2)12-13-22(16-21)14-15-26-18-9-5-4-6-10-18/h3-11H,1,12-16H2,2H3. The van der Waals surface area contributed by atoms with Crippen molar-refractivity contribution in [1.29, 1.82) is 0 Å². The molecule has 1 aliphatic heterocycles. The van der Waals surface area contributed by atoms with Gasteiger partial charge in [-0.05, 0) is 31.2 Å². The van der Waals surface area contributed by atoms with Gasteiger partial charge < -0.3 is 9.47 Å². The number of hydrogen-bond donors (Lipinski definition) is 0. The van der Waals surface area contributed by atoms with E-state index in [1.807, 2.05) is 37.3 Å². The Morgan fingerprint density at radius 2 is 2.04 bits per heavy atom. The molecule has 27 heavy (non-hydrogen) atoms. The minimum atomic E-state index is -0.475. The monoisotopic (exact) mass is 368 g/mol. The molecule has 0 amide bonds. The van der Waals surface area contributed by atoms with Crippen molar-refractivity contribution in [3.63, 3.8) is 0 Å². The average Bonchev–Trinajstić information content (AvgIpc) is 3.02. The number of nitro benzene ring substituents is 1. The summed E-state index contributed by atoms with van der Waals surface area (Å²) in [5, 5.41) is 11.5. The van der Waals surface area contributed by atoms with Crippen LogP contribution in [-0.2, 0) is 0 Å². The van der Waals surface area contributed by atoms with Crippen LogP contribution in [0.1, 0.15) is 18.9 Å². The lowest BCUT2D eigenvalue weighted by Crippen LogP contribution is -2.37. The molecule has 2 aromatic rings. The lowest BCUT2D eigenvalue weighted by atomic mass is 10.1. The van der Waals surface area contributed by atoms with E-state index in [-0.39, 0.29) is 5.69 Å². The molecular formula is C21H24N2O4. The van der Waals surface area contributed by atoms with Crippen molar-refractivity contribution < 1.29 is 14.4 Å². The summed E-state index contributed by atoms with van der Waals surface area (Å²) in [5.74, 6) is 1.15. The first-order chi connectivity index (χ1) is 13.0. The fourth-order valence-corrected chi connectivity index (χ4v) is 3.36. The summed E-state index contributed by atoms with van der Waals surface area (Å²) in [4.78, 5) is 13.3. The lowest BCUT2D eigenvalue weighted by Gasteiger charge is -2.26. The number of hydrogen-bond acceptors (Lipinski definition) is 5. The number of nitrogens with zero attached hydrogens (tertiary/aromatic N) is 2. The van der Waals surface area contributed by atoms with E-state index in [4.69, 9.17) is 9.47 Å². The SMILES string of the molecule is C=Cc1cccc(OC2(C)CCN(CCOc3ccccc3)C2)c1[N+](=O)[O-]. The number of ether oxygens (including phenoxy) is 2. The fourth-order valence-electron chi connectivity index (χ4n) is 3.36. The molecule has 1 fully saturated rings. The van der Waals surface area contributed by atoms with Gasteiger partial charge in [-0.15, -0.1) is 0 Å². The molecule has 2 aromatic carbocycles. The molecule has 1 atom stereocenters. The van der Waals surface area contributed by atoms with Crippen LogP contribution in [0, 0.1) is 10.1 Å². The van der Waals surface area contributed by atoms with Crippen LogP contribution >= 0.6 is 0 Å². The largest absolute Gasteiger partial charge is 0.492 e. The molecule has 142 valence electrons. The van der Waals surface area contributed by atoms with Gasteiger partial charge in [-0.1, -0.05) is 36.9 Å². The Morgan fingerprint density at radius 3 is 2.74 bits per heavy atom. The Bertz CT molecular complexity index is 809. The van der Waals surface area contributed by atoms with Crippen molar-refractivity contribution in [2.75, 3.05) is 26.2 Å². The molecule has 1 saturated heterocycles. The molecule has 0 N–H and O–H groups in total. The van der Waals surface area contributed by atoms with E-state index in [1.54, 1.807) is 18.2 Å². The summed E-state index contributed by atoms with van der Waals surface area (Å²) in [7, 11) is 0. The Kier molecular flexibility index (Phi) is 5.76. The minimum absolute atomic E-state index is 0.0282. The minimum Gasteiger partial charge on any atom is -0.492 e. The predicted octanol–water partition coefficient (Wildman–Crippen LogP) is 4.16. The van der Waals surface area contributed by atoms with Crippen molar-refractivity contribution in [3.8, 4) is 11.5 Å². The van der Waals surface area contributed by atoms with Crippen LogP contribution in [-0.4, -0.2) is 41.7 Å². The molecule has 6 heteroatoms. The molecule has 0 aliphatic carbocycles. The van der Waals surface area contributed by atoms with Crippen LogP contribution in [0.5, 0.6) is 11.5 Å². The molecule has 1 aliphatic rings. The van der Waals surface area contributed by atoms with Crippen molar-refractivity contribution in [2.24, 2.45) is 0 Å². The van der Waals surface area contributed by atoms with E-state index in [1.165, 1.54) is 6.08 Å². The van der Waals surface area contributed by atoms with Crippen molar-refractivity contribution >= 4 is 11.8 Å². The number of para-hydroxylation sites is 2. The number of nitro groups is 1. The van der Waals surface area contributed by atoms with E-state index in [9.17, 15) is 10.1 Å². The van der Waals surface area contributed by atoms with Gasteiger partial charge in [0.2, 0.25) is 0 Å². The highest BCUT2D eigenvalue weighted by Crippen LogP contribution is 2.36. The maximum Gasteiger partial charge on any atom is 0.318 e. The second-order valence-corrected chi connectivity index (χ2v) is 6.89. The smallest absolute Gasteiger partial charge is 0.318 e. The van der Waals surface area contributed by atoms with Gasteiger partial charge in [0.05, 0.1) is 10.5 Å². The van der Waals surface area contributed by atoms with Gasteiger partial charge in [-0.25, -0.2) is 0 Å². The highest BCUT2D eigenvalue weighted by atomic mass is 16.6. The van der Waals surface area contributed by atoms with E-state index in [2.05, 4.69) is 11.5 Å². The molecule has 0 aromatic heterocycles. The van der Waals surface area contributed by atoms with Crippen LogP contribution in [0.2, 0.25) is 0 Å². The Hall–Kier alpha value is -2.86. The lowest BCUT2D eigenvalue weighted by molar-refractivity contribution is -0.386. The number of benzene rings is 2. The molecule has 3 rings (SSSR count). The van der Waals surface area contributed by atoms with Crippen LogP contribution in [0.25, 0.3) is 6.08 Å². The van der Waals surface area contributed by atoms with Gasteiger partial charge in [-0.3, -0.25) is 15.0 Å². The average molecular weight is 368 g/mol. The molecule has 1 heterocycles. The van der Waals surface area contributed by atoms with Gasteiger partial charge in [0, 0.05) is 26.1 Å². The number of likely N-dealkylation sites (tertiary alicyclic amines) is 1. The maximum absolute atomic E-state index is 11.5. The van der Waals surface area contributed by atoms with E-state index >= 15 is 0 Å². The third kappa shape index (κ3) is 4.65. The van der Waals surface area contributed by atoms with Gasteiger partial charge in [0.25, 0.3) is 0 Å². The first-order valence-corrected chi connectivity index (χ1v) is 9.00. The molecule has 0 saturated carbocycles. The van der Waals surface area contributed by atoms with Crippen LogP contribution < -0.4 is 9.47 Å². The Balaban J connectivity index is 1.60. The summed E-state index contributed by atoms with van der Waals surface area (Å²) < 4.78 is 11.9. The highest BCUT2D eigenvalue weighted by Gasteiger charge is 2.37. The second kappa shape index (κ2) is 8.22. The van der Waals surface area contributed by atoms with Crippen molar-refractivity contribution in [2.45, 2.75) is 18.9 Å². The molecule has 0 radical (unpaired) electrons. The quantitative estimate of drug-likeness (QED) is 0.517. The summed E-state index contributed by atoms with van der Waals surface area (Å²) >= 11 is 0. The van der Waals surface area contributed by atoms with E-state index < -0.39 is 10.5 Å². The highest BCUT2D eigenvalue weighted by molar-refractivity contribution is 5.65. The summed E-state index contributed by atoms with van der Waals surface area (Å²) in [6, 6.07) is 14.8. The molecule has 6 nitrogen and oxygen atoms in total. The Morgan fingerprint density at radius 1 is 1.26 bits per heavy atom. The van der Waals surface area contributed by atoms with Gasteiger partial charge >= 0.3 is 5.69 Å². The van der Waals surface area contributed by atoms with Crippen LogP contribution in [0.15, 0.2) is 55.1 Å². The summed E-state index contributed by atoms with van der Waals surface area (Å²) in [6.45, 7) is 8.58. The van der Waals surface area contributed by atoms with E-state index in [0.717, 1.165) is 25.3 Å². The van der Waals surface area contributed by atoms with Gasteiger partial charge in [-0.2, -0.15) is 0 Å². The third-order valence-corrected chi connectivity index (χ3v) is 4.72. The zero-order chi connectivity index (χ0) is 19.3. The van der Waals surface area contributed by atoms with Gasteiger partial charge in [0.15, 0.2) is 5.75 Å². The molecule has 1 unspecified atom stereocenters. The number of rotatable bonds is 8. The molecular weight excluding hydrogens is 344 g/mol. The summed E-state index contributed by atoms with van der Waals surface area (Å²) in [6.07, 6.45) is 2.28. The first kappa shape index (κ1) is 18.9. The second-order valence-electron chi connectivity index (χ2n) is 6.89. The van der Waals surface area contributed by atoms with Crippen molar-refractivity contribution in [1.82, 2.24) is 4.90 Å². The van der Waals surface area contributed by atoms with Gasteiger partial charge in [0.1, 0.15) is 18.0 Å².